The standard InChI is InChI=1S/C38H26O4S2/c39-37(40)25-15-19-31(20-16-25)43-35-13-3-1-11-33(35)29-9-5-7-27(23-29)28-8-6-10-30(24-28)34-12-2-4-14-36(34)44-32-21-17-26(18-22-32)38(41)42/h1-24H,(H,39,40)(H,41,42). The highest BCUT2D eigenvalue weighted by atomic mass is 32.2. The molecule has 4 nitrogen and oxygen atoms in total. The number of carboxylic acids is 2. The highest BCUT2D eigenvalue weighted by molar-refractivity contribution is 7.99. The van der Waals surface area contributed by atoms with E-state index in [-0.39, 0.29) is 11.1 Å². The molecule has 6 aromatic carbocycles. The predicted octanol–water partition coefficient (Wildman–Crippen LogP) is 10.4. The van der Waals surface area contributed by atoms with E-state index in [9.17, 15) is 19.8 Å². The van der Waals surface area contributed by atoms with Crippen molar-refractivity contribution < 1.29 is 19.8 Å². The molecule has 0 radical (unpaired) electrons. The molecule has 0 unspecified atom stereocenters. The molecule has 0 heterocycles. The lowest BCUT2D eigenvalue weighted by molar-refractivity contribution is 0.0686. The first kappa shape index (κ1) is 29.1. The van der Waals surface area contributed by atoms with E-state index in [1.165, 1.54) is 0 Å². The SMILES string of the molecule is O=C(O)c1ccc(Sc2ccccc2-c2cccc(-c3cccc(-c4ccccc4Sc4ccc(C(=O)O)cc4)c3)c2)cc1. The summed E-state index contributed by atoms with van der Waals surface area (Å²) in [6.45, 7) is 0. The summed E-state index contributed by atoms with van der Waals surface area (Å²) in [5, 5.41) is 18.5. The van der Waals surface area contributed by atoms with Crippen molar-refractivity contribution in [3.63, 3.8) is 0 Å². The van der Waals surface area contributed by atoms with E-state index in [0.29, 0.717) is 0 Å². The van der Waals surface area contributed by atoms with Gasteiger partial charge >= 0.3 is 11.9 Å². The summed E-state index contributed by atoms with van der Waals surface area (Å²) in [7, 11) is 0. The average molecular weight is 611 g/mol. The first-order chi connectivity index (χ1) is 21.4. The second kappa shape index (κ2) is 13.1. The van der Waals surface area contributed by atoms with Crippen LogP contribution in [0.25, 0.3) is 33.4 Å². The lowest BCUT2D eigenvalue weighted by Gasteiger charge is -2.13. The summed E-state index contributed by atoms with van der Waals surface area (Å²) in [5.41, 5.74) is 7.15. The van der Waals surface area contributed by atoms with Crippen molar-refractivity contribution in [3.8, 4) is 33.4 Å². The number of hydrogen-bond donors (Lipinski definition) is 2. The lowest BCUT2D eigenvalue weighted by atomic mass is 9.96. The van der Waals surface area contributed by atoms with E-state index < -0.39 is 11.9 Å². The van der Waals surface area contributed by atoms with Crippen LogP contribution < -0.4 is 0 Å². The number of aromatic carboxylic acids is 2. The normalized spacial score (nSPS) is 10.8. The summed E-state index contributed by atoms with van der Waals surface area (Å²) in [6.07, 6.45) is 0. The molecule has 0 aliphatic rings. The monoisotopic (exact) mass is 610 g/mol. The van der Waals surface area contributed by atoms with Crippen LogP contribution in [0.1, 0.15) is 20.7 Å². The molecule has 0 spiro atoms. The van der Waals surface area contributed by atoms with E-state index in [2.05, 4.69) is 72.8 Å². The third kappa shape index (κ3) is 6.62. The van der Waals surface area contributed by atoms with Crippen molar-refractivity contribution in [2.45, 2.75) is 19.6 Å². The van der Waals surface area contributed by atoms with E-state index in [1.807, 2.05) is 48.5 Å². The Morgan fingerprint density at radius 2 is 0.773 bits per heavy atom. The maximum Gasteiger partial charge on any atom is 0.335 e. The fraction of sp³-hybridized carbons (Fsp3) is 0. The van der Waals surface area contributed by atoms with Gasteiger partial charge in [0.15, 0.2) is 0 Å². The van der Waals surface area contributed by atoms with Gasteiger partial charge in [-0.25, -0.2) is 9.59 Å². The molecule has 0 aliphatic carbocycles. The number of rotatable bonds is 9. The van der Waals surface area contributed by atoms with Gasteiger partial charge in [-0.15, -0.1) is 0 Å². The van der Waals surface area contributed by atoms with Crippen molar-refractivity contribution in [1.29, 1.82) is 0 Å². The van der Waals surface area contributed by atoms with Crippen molar-refractivity contribution in [2.24, 2.45) is 0 Å². The zero-order valence-corrected chi connectivity index (χ0v) is 25.0. The molecule has 0 atom stereocenters. The minimum Gasteiger partial charge on any atom is -0.478 e. The highest BCUT2D eigenvalue weighted by Gasteiger charge is 2.12. The molecule has 44 heavy (non-hydrogen) atoms. The molecule has 0 aromatic heterocycles. The Kier molecular flexibility index (Phi) is 8.64. The molecule has 6 rings (SSSR count). The van der Waals surface area contributed by atoms with Crippen molar-refractivity contribution in [1.82, 2.24) is 0 Å². The Labute approximate surface area is 264 Å². The molecular formula is C38H26O4S2. The van der Waals surface area contributed by atoms with Crippen molar-refractivity contribution in [3.05, 3.63) is 157 Å². The van der Waals surface area contributed by atoms with Gasteiger partial charge in [-0.05, 0) is 106 Å². The second-order valence-electron chi connectivity index (χ2n) is 10.0. The number of carbonyl (C=O) groups is 2. The largest absolute Gasteiger partial charge is 0.478 e. The summed E-state index contributed by atoms with van der Waals surface area (Å²) < 4.78 is 0. The zero-order chi connectivity index (χ0) is 30.5. The summed E-state index contributed by atoms with van der Waals surface area (Å²) >= 11 is 3.22. The summed E-state index contributed by atoms with van der Waals surface area (Å²) in [5.74, 6) is -1.87. The van der Waals surface area contributed by atoms with Gasteiger partial charge in [-0.2, -0.15) is 0 Å². The molecule has 0 saturated carbocycles. The van der Waals surface area contributed by atoms with Crippen LogP contribution in [0.4, 0.5) is 0 Å². The second-order valence-corrected chi connectivity index (χ2v) is 12.2. The van der Waals surface area contributed by atoms with E-state index in [0.717, 1.165) is 53.0 Å². The molecule has 0 fully saturated rings. The topological polar surface area (TPSA) is 74.6 Å². The zero-order valence-electron chi connectivity index (χ0n) is 23.4. The van der Waals surface area contributed by atoms with E-state index in [1.54, 1.807) is 47.8 Å². The number of benzene rings is 6. The Hall–Kier alpha value is -5.04. The third-order valence-corrected chi connectivity index (χ3v) is 9.28. The van der Waals surface area contributed by atoms with Gasteiger partial charge < -0.3 is 10.2 Å². The van der Waals surface area contributed by atoms with Crippen LogP contribution in [0.15, 0.2) is 165 Å². The average Bonchev–Trinajstić information content (AvgIpc) is 3.06. The number of carboxylic acid groups (broad SMARTS) is 2. The Bertz CT molecular complexity index is 1820. The van der Waals surface area contributed by atoms with E-state index >= 15 is 0 Å². The van der Waals surface area contributed by atoms with Gasteiger partial charge in [-0.1, -0.05) is 96.3 Å². The molecule has 2 N–H and O–H groups in total. The molecular weight excluding hydrogens is 585 g/mol. The van der Waals surface area contributed by atoms with Crippen molar-refractivity contribution in [2.75, 3.05) is 0 Å². The van der Waals surface area contributed by atoms with Crippen LogP contribution in [-0.2, 0) is 0 Å². The molecule has 0 bridgehead atoms. The van der Waals surface area contributed by atoms with Gasteiger partial charge in [0.05, 0.1) is 11.1 Å². The fourth-order valence-corrected chi connectivity index (χ4v) is 6.84. The highest BCUT2D eigenvalue weighted by Crippen LogP contribution is 2.39. The molecule has 214 valence electrons. The van der Waals surface area contributed by atoms with Crippen LogP contribution in [0.2, 0.25) is 0 Å². The van der Waals surface area contributed by atoms with E-state index in [4.69, 9.17) is 0 Å². The van der Waals surface area contributed by atoms with Gasteiger partial charge in [0, 0.05) is 19.6 Å². The third-order valence-electron chi connectivity index (χ3n) is 7.11. The Morgan fingerprint density at radius 3 is 1.16 bits per heavy atom. The lowest BCUT2D eigenvalue weighted by Crippen LogP contribution is -1.94. The first-order valence-corrected chi connectivity index (χ1v) is 15.5. The van der Waals surface area contributed by atoms with Crippen LogP contribution in [0.5, 0.6) is 0 Å². The molecule has 6 heteroatoms. The maximum atomic E-state index is 11.3. The maximum absolute atomic E-state index is 11.3. The molecule has 6 aromatic rings. The minimum absolute atomic E-state index is 0.271. The van der Waals surface area contributed by atoms with Crippen LogP contribution >= 0.6 is 23.5 Å². The first-order valence-electron chi connectivity index (χ1n) is 13.9. The van der Waals surface area contributed by atoms with Gasteiger partial charge in [0.2, 0.25) is 0 Å². The summed E-state index contributed by atoms with van der Waals surface area (Å²) in [6, 6.07) is 47.4. The van der Waals surface area contributed by atoms with Gasteiger partial charge in [0.1, 0.15) is 0 Å². The quantitative estimate of drug-likeness (QED) is 0.170. The fourth-order valence-electron chi connectivity index (χ4n) is 4.91. The Morgan fingerprint density at radius 1 is 0.409 bits per heavy atom. The molecule has 0 saturated heterocycles. The van der Waals surface area contributed by atoms with Crippen LogP contribution in [-0.4, -0.2) is 22.2 Å². The van der Waals surface area contributed by atoms with Crippen LogP contribution in [0.3, 0.4) is 0 Å². The predicted molar refractivity (Wildman–Crippen MR) is 178 cm³/mol. The smallest absolute Gasteiger partial charge is 0.335 e. The number of hydrogen-bond acceptors (Lipinski definition) is 4. The molecule has 0 amide bonds. The minimum atomic E-state index is -0.933. The van der Waals surface area contributed by atoms with Gasteiger partial charge in [-0.3, -0.25) is 0 Å². The van der Waals surface area contributed by atoms with Gasteiger partial charge in [0.25, 0.3) is 0 Å². The van der Waals surface area contributed by atoms with Crippen molar-refractivity contribution >= 4 is 35.5 Å². The molecule has 0 aliphatic heterocycles. The Balaban J connectivity index is 1.29. The summed E-state index contributed by atoms with van der Waals surface area (Å²) in [4.78, 5) is 26.6. The van der Waals surface area contributed by atoms with Crippen LogP contribution in [0, 0.1) is 0 Å².